The quantitative estimate of drug-likeness (QED) is 0.771. The van der Waals surface area contributed by atoms with Crippen LogP contribution in [0.2, 0.25) is 0 Å². The van der Waals surface area contributed by atoms with Crippen molar-refractivity contribution in [3.05, 3.63) is 48.6 Å². The van der Waals surface area contributed by atoms with Crippen molar-refractivity contribution in [3.8, 4) is 0 Å². The lowest BCUT2D eigenvalue weighted by Gasteiger charge is -2.05. The van der Waals surface area contributed by atoms with Gasteiger partial charge in [-0.2, -0.15) is 26.0 Å². The highest BCUT2D eigenvalue weighted by atomic mass is 32.2. The molecule has 0 heterocycles. The second-order valence-electron chi connectivity index (χ2n) is 2.70. The number of hydrogen-bond donors (Lipinski definition) is 0. The molecular formula is C10H10F3NO2S. The van der Waals surface area contributed by atoms with Crippen molar-refractivity contribution < 1.29 is 21.6 Å². The molecule has 3 nitrogen and oxygen atoms in total. The fraction of sp³-hybridized carbons (Fsp3) is 0.200. The van der Waals surface area contributed by atoms with Gasteiger partial charge in [0.1, 0.15) is 0 Å². The first kappa shape index (κ1) is 15.4. The Morgan fingerprint density at radius 2 is 1.59 bits per heavy atom. The van der Waals surface area contributed by atoms with E-state index < -0.39 is 22.2 Å². The smallest absolute Gasteiger partial charge is 0.167 e. The normalized spacial score (nSPS) is 10.1. The van der Waals surface area contributed by atoms with Crippen molar-refractivity contribution in [1.82, 2.24) is 0 Å². The second-order valence-corrected chi connectivity index (χ2v) is 3.39. The summed E-state index contributed by atoms with van der Waals surface area (Å²) in [5.74, 6) is 0. The highest BCUT2D eigenvalue weighted by Crippen LogP contribution is 2.29. The second kappa shape index (κ2) is 6.85. The minimum atomic E-state index is -4.38. The molecule has 94 valence electrons. The third-order valence-corrected chi connectivity index (χ3v) is 1.97. The first-order valence-corrected chi connectivity index (χ1v) is 5.36. The summed E-state index contributed by atoms with van der Waals surface area (Å²) in [4.78, 5) is 0. The molecule has 0 aromatic heterocycles. The van der Waals surface area contributed by atoms with Crippen LogP contribution in [-0.4, -0.2) is 8.42 Å². The Bertz CT molecular complexity index is 469. The van der Waals surface area contributed by atoms with Crippen molar-refractivity contribution in [3.63, 3.8) is 0 Å². The van der Waals surface area contributed by atoms with Crippen molar-refractivity contribution in [2.75, 3.05) is 0 Å². The van der Waals surface area contributed by atoms with Gasteiger partial charge in [0.05, 0.1) is 12.1 Å². The summed E-state index contributed by atoms with van der Waals surface area (Å²) in [5, 5.41) is 0. The minimum Gasteiger partial charge on any atom is -0.167 e. The van der Waals surface area contributed by atoms with Gasteiger partial charge in [0.2, 0.25) is 0 Å². The third kappa shape index (κ3) is 5.86. The number of nitrogens with zero attached hydrogens (tertiary/aromatic N) is 1. The van der Waals surface area contributed by atoms with Gasteiger partial charge >= 0.3 is 16.7 Å². The van der Waals surface area contributed by atoms with Crippen LogP contribution in [0.25, 0.3) is 0 Å². The molecule has 7 heteroatoms. The van der Waals surface area contributed by atoms with Gasteiger partial charge in [0.25, 0.3) is 0 Å². The molecule has 1 aromatic rings. The Kier molecular flexibility index (Phi) is 6.19. The van der Waals surface area contributed by atoms with Gasteiger partial charge in [-0.1, -0.05) is 12.1 Å². The van der Waals surface area contributed by atoms with E-state index in [-0.39, 0.29) is 6.54 Å². The predicted molar refractivity (Wildman–Crippen MR) is 57.7 cm³/mol. The van der Waals surface area contributed by atoms with E-state index in [1.165, 1.54) is 12.1 Å². The van der Waals surface area contributed by atoms with E-state index in [0.717, 1.165) is 12.1 Å². The fourth-order valence-electron chi connectivity index (χ4n) is 0.926. The Balaban J connectivity index is 0.00000121. The van der Waals surface area contributed by atoms with E-state index in [1.807, 2.05) is 0 Å². The van der Waals surface area contributed by atoms with E-state index in [0.29, 0.717) is 5.56 Å². The van der Waals surface area contributed by atoms with E-state index in [2.05, 4.69) is 17.5 Å². The topological polar surface area (TPSA) is 46.5 Å². The highest BCUT2D eigenvalue weighted by molar-refractivity contribution is 7.61. The summed E-state index contributed by atoms with van der Waals surface area (Å²) in [5.41, 5.74) is -0.360. The lowest BCUT2D eigenvalue weighted by Crippen LogP contribution is -2.04. The van der Waals surface area contributed by atoms with Crippen LogP contribution < -0.4 is 0 Å². The minimum absolute atomic E-state index is 0.145. The van der Waals surface area contributed by atoms with Crippen LogP contribution in [0.1, 0.15) is 11.1 Å². The zero-order chi connectivity index (χ0) is 13.5. The Morgan fingerprint density at radius 1 is 1.12 bits per heavy atom. The molecule has 0 saturated carbocycles. The van der Waals surface area contributed by atoms with Crippen LogP contribution in [-0.2, 0) is 23.2 Å². The molecule has 0 aliphatic carbocycles. The number of hydrogen-bond acceptors (Lipinski definition) is 3. The number of halogens is 3. The number of rotatable bonds is 2. The van der Waals surface area contributed by atoms with E-state index in [9.17, 15) is 21.6 Å². The van der Waals surface area contributed by atoms with Crippen molar-refractivity contribution in [2.45, 2.75) is 12.7 Å². The molecule has 0 radical (unpaired) electrons. The third-order valence-electron chi connectivity index (χ3n) is 1.63. The average molecular weight is 265 g/mol. The maximum atomic E-state index is 12.1. The van der Waals surface area contributed by atoms with E-state index in [4.69, 9.17) is 0 Å². The molecule has 0 unspecified atom stereocenters. The summed E-state index contributed by atoms with van der Waals surface area (Å²) in [6.45, 7) is 5.86. The largest absolute Gasteiger partial charge is 0.416 e. The lowest BCUT2D eigenvalue weighted by atomic mass is 10.1. The predicted octanol–water partition coefficient (Wildman–Crippen LogP) is 3.07. The molecule has 0 fully saturated rings. The van der Waals surface area contributed by atoms with Gasteiger partial charge in [-0.15, -0.1) is 13.2 Å². The van der Waals surface area contributed by atoms with Gasteiger partial charge in [0, 0.05) is 0 Å². The first-order valence-electron chi connectivity index (χ1n) is 4.32. The lowest BCUT2D eigenvalue weighted by molar-refractivity contribution is -0.137. The van der Waals surface area contributed by atoms with Gasteiger partial charge in [0.15, 0.2) is 0 Å². The van der Waals surface area contributed by atoms with Crippen LogP contribution in [0.3, 0.4) is 0 Å². The molecule has 17 heavy (non-hydrogen) atoms. The zero-order valence-corrected chi connectivity index (χ0v) is 9.55. The summed E-state index contributed by atoms with van der Waals surface area (Å²) >= 11 is 0. The van der Waals surface area contributed by atoms with Crippen molar-refractivity contribution in [2.24, 2.45) is 4.36 Å². The Labute approximate surface area is 98.3 Å². The van der Waals surface area contributed by atoms with Gasteiger partial charge in [-0.05, 0) is 17.7 Å². The summed E-state index contributed by atoms with van der Waals surface area (Å²) in [6, 6.07) is 4.16. The number of alkyl halides is 3. The van der Waals surface area contributed by atoms with Crippen molar-refractivity contribution >= 4 is 10.5 Å². The average Bonchev–Trinajstić information content (AvgIpc) is 2.28. The standard InChI is InChI=1S/C8H6F3NO2S.C2H4/c9-8(10,11)7-3-1-6(2-4-7)5-12-15(13)14;1-2/h1-4H,5H2;1-2H2. The number of benzene rings is 1. The van der Waals surface area contributed by atoms with Gasteiger partial charge in [-0.3, -0.25) is 0 Å². The fourth-order valence-corrected chi connectivity index (χ4v) is 1.18. The van der Waals surface area contributed by atoms with E-state index in [1.54, 1.807) is 0 Å². The summed E-state index contributed by atoms with van der Waals surface area (Å²) in [7, 11) is -2.54. The molecule has 1 aromatic carbocycles. The Hall–Kier alpha value is -1.63. The van der Waals surface area contributed by atoms with Crippen LogP contribution in [0.15, 0.2) is 41.8 Å². The van der Waals surface area contributed by atoms with Gasteiger partial charge in [-0.25, -0.2) is 0 Å². The first-order chi connectivity index (χ1) is 7.89. The molecule has 0 atom stereocenters. The zero-order valence-electron chi connectivity index (χ0n) is 8.74. The monoisotopic (exact) mass is 265 g/mol. The van der Waals surface area contributed by atoms with E-state index >= 15 is 0 Å². The summed E-state index contributed by atoms with van der Waals surface area (Å²) in [6.07, 6.45) is -4.38. The maximum Gasteiger partial charge on any atom is 0.416 e. The molecule has 0 spiro atoms. The molecule has 0 aliphatic rings. The SMILES string of the molecule is C=C.O=S(=O)=NCc1ccc(C(F)(F)F)cc1. The van der Waals surface area contributed by atoms with Crippen LogP contribution >= 0.6 is 0 Å². The van der Waals surface area contributed by atoms with Crippen LogP contribution in [0, 0.1) is 0 Å². The van der Waals surface area contributed by atoms with Crippen molar-refractivity contribution in [1.29, 1.82) is 0 Å². The summed E-state index contributed by atoms with van der Waals surface area (Å²) < 4.78 is 59.6. The molecular weight excluding hydrogens is 255 g/mol. The molecule has 1 rings (SSSR count). The Morgan fingerprint density at radius 3 is 1.94 bits per heavy atom. The highest BCUT2D eigenvalue weighted by Gasteiger charge is 2.29. The van der Waals surface area contributed by atoms with Crippen LogP contribution in [0.4, 0.5) is 13.2 Å². The molecule has 0 amide bonds. The molecule has 0 bridgehead atoms. The molecule has 0 aliphatic heterocycles. The van der Waals surface area contributed by atoms with Gasteiger partial charge < -0.3 is 0 Å². The maximum absolute atomic E-state index is 12.1. The molecule has 0 saturated heterocycles. The molecule has 0 N–H and O–H groups in total. The van der Waals surface area contributed by atoms with Crippen LogP contribution in [0.5, 0.6) is 0 Å².